The molecule has 0 unspecified atom stereocenters. The highest BCUT2D eigenvalue weighted by atomic mass is 35.5. The zero-order valence-electron chi connectivity index (χ0n) is 11.0. The van der Waals surface area contributed by atoms with E-state index in [4.69, 9.17) is 17.3 Å². The van der Waals surface area contributed by atoms with E-state index in [1.165, 1.54) is 12.3 Å². The molecule has 0 radical (unpaired) electrons. The average molecular weight is 298 g/mol. The van der Waals surface area contributed by atoms with Gasteiger partial charge in [0.15, 0.2) is 0 Å². The van der Waals surface area contributed by atoms with Crippen molar-refractivity contribution in [3.63, 3.8) is 0 Å². The van der Waals surface area contributed by atoms with E-state index in [2.05, 4.69) is 9.97 Å². The van der Waals surface area contributed by atoms with Crippen molar-refractivity contribution in [1.29, 1.82) is 0 Å². The van der Waals surface area contributed by atoms with Gasteiger partial charge in [-0.2, -0.15) is 0 Å². The number of nitrogens with zero attached hydrogens (tertiary/aromatic N) is 2. The number of rotatable bonds is 2. The summed E-state index contributed by atoms with van der Waals surface area (Å²) in [5.74, 6) is 0.354. The maximum absolute atomic E-state index is 9.54. The highest BCUT2D eigenvalue weighted by molar-refractivity contribution is 6.32. The number of phenolic OH excluding ortho intramolecular Hbond substituents is 1. The van der Waals surface area contributed by atoms with Crippen LogP contribution in [-0.2, 0) is 0 Å². The average Bonchev–Trinajstić information content (AvgIpc) is 2.51. The number of nitrogen functional groups attached to an aromatic ring is 1. The first-order valence-corrected chi connectivity index (χ1v) is 6.70. The molecular weight excluding hydrogens is 286 g/mol. The summed E-state index contributed by atoms with van der Waals surface area (Å²) >= 11 is 5.97. The third-order valence-corrected chi connectivity index (χ3v) is 3.36. The Morgan fingerprint density at radius 2 is 1.71 bits per heavy atom. The van der Waals surface area contributed by atoms with Crippen LogP contribution in [0.1, 0.15) is 0 Å². The highest BCUT2D eigenvalue weighted by Crippen LogP contribution is 2.33. The number of aromatic hydroxyl groups is 1. The summed E-state index contributed by atoms with van der Waals surface area (Å²) in [6.07, 6.45) is 1.52. The van der Waals surface area contributed by atoms with Gasteiger partial charge in [0.05, 0.1) is 22.6 Å². The number of hydrogen-bond donors (Lipinski definition) is 2. The largest absolute Gasteiger partial charge is 0.506 e. The molecule has 0 saturated heterocycles. The fraction of sp³-hybridized carbons (Fsp3) is 0. The van der Waals surface area contributed by atoms with Crippen LogP contribution in [0.25, 0.3) is 22.5 Å². The number of aromatic nitrogens is 2. The van der Waals surface area contributed by atoms with Gasteiger partial charge in [0.25, 0.3) is 0 Å². The summed E-state index contributed by atoms with van der Waals surface area (Å²) in [4.78, 5) is 8.75. The Labute approximate surface area is 126 Å². The van der Waals surface area contributed by atoms with E-state index in [1.807, 2.05) is 30.3 Å². The van der Waals surface area contributed by atoms with Crippen LogP contribution in [0.5, 0.6) is 5.75 Å². The Bertz CT molecular complexity index is 791. The van der Waals surface area contributed by atoms with Crippen molar-refractivity contribution in [2.75, 3.05) is 5.73 Å². The second kappa shape index (κ2) is 5.42. The molecule has 0 spiro atoms. The molecule has 0 saturated carbocycles. The molecule has 0 fully saturated rings. The van der Waals surface area contributed by atoms with Crippen LogP contribution in [0.15, 0.2) is 54.7 Å². The Balaban J connectivity index is 2.21. The van der Waals surface area contributed by atoms with E-state index >= 15 is 0 Å². The highest BCUT2D eigenvalue weighted by Gasteiger charge is 2.12. The van der Waals surface area contributed by atoms with Crippen molar-refractivity contribution in [3.05, 3.63) is 59.8 Å². The van der Waals surface area contributed by atoms with E-state index in [-0.39, 0.29) is 10.8 Å². The van der Waals surface area contributed by atoms with Crippen LogP contribution in [0.2, 0.25) is 5.02 Å². The molecule has 0 aliphatic heterocycles. The molecule has 104 valence electrons. The first-order valence-electron chi connectivity index (χ1n) is 6.32. The standard InChI is InChI=1S/C16H12ClN3O/c17-12-8-11(6-7-13(12)21)16-15(19-9-14(18)20-16)10-4-2-1-3-5-10/h1-9,21H,(H2,18,20). The maximum atomic E-state index is 9.54. The van der Waals surface area contributed by atoms with Crippen molar-refractivity contribution in [2.45, 2.75) is 0 Å². The third-order valence-electron chi connectivity index (χ3n) is 3.06. The minimum atomic E-state index is 0.0264. The molecule has 3 rings (SSSR count). The summed E-state index contributed by atoms with van der Waals surface area (Å²) in [6.45, 7) is 0. The molecule has 3 aromatic rings. The lowest BCUT2D eigenvalue weighted by atomic mass is 10.0. The number of anilines is 1. The molecule has 4 nitrogen and oxygen atoms in total. The van der Waals surface area contributed by atoms with Crippen molar-refractivity contribution in [1.82, 2.24) is 9.97 Å². The summed E-state index contributed by atoms with van der Waals surface area (Å²) in [5.41, 5.74) is 8.78. The van der Waals surface area contributed by atoms with Gasteiger partial charge in [-0.1, -0.05) is 41.9 Å². The second-order valence-electron chi connectivity index (χ2n) is 4.52. The van der Waals surface area contributed by atoms with Crippen LogP contribution in [0, 0.1) is 0 Å². The van der Waals surface area contributed by atoms with Gasteiger partial charge >= 0.3 is 0 Å². The van der Waals surface area contributed by atoms with Gasteiger partial charge in [0, 0.05) is 11.1 Å². The zero-order valence-corrected chi connectivity index (χ0v) is 11.7. The Hall–Kier alpha value is -2.59. The SMILES string of the molecule is Nc1cnc(-c2ccccc2)c(-c2ccc(O)c(Cl)c2)n1. The molecule has 3 N–H and O–H groups in total. The number of benzene rings is 2. The van der Waals surface area contributed by atoms with E-state index < -0.39 is 0 Å². The monoisotopic (exact) mass is 297 g/mol. The summed E-state index contributed by atoms with van der Waals surface area (Å²) in [5, 5.41) is 9.80. The predicted octanol–water partition coefficient (Wildman–Crippen LogP) is 3.75. The molecule has 21 heavy (non-hydrogen) atoms. The second-order valence-corrected chi connectivity index (χ2v) is 4.93. The van der Waals surface area contributed by atoms with Gasteiger partial charge in [-0.05, 0) is 18.2 Å². The molecule has 1 aromatic heterocycles. The number of hydrogen-bond acceptors (Lipinski definition) is 4. The van der Waals surface area contributed by atoms with Crippen molar-refractivity contribution in [2.24, 2.45) is 0 Å². The minimum absolute atomic E-state index is 0.0264. The van der Waals surface area contributed by atoms with Crippen molar-refractivity contribution < 1.29 is 5.11 Å². The molecule has 0 aliphatic rings. The van der Waals surface area contributed by atoms with Crippen LogP contribution in [-0.4, -0.2) is 15.1 Å². The number of halogens is 1. The molecule has 0 bridgehead atoms. The van der Waals surface area contributed by atoms with E-state index in [0.717, 1.165) is 11.1 Å². The molecule has 5 heteroatoms. The van der Waals surface area contributed by atoms with E-state index in [1.54, 1.807) is 12.1 Å². The Kier molecular flexibility index (Phi) is 3.46. The molecule has 1 heterocycles. The third kappa shape index (κ3) is 2.66. The van der Waals surface area contributed by atoms with Crippen LogP contribution in [0.4, 0.5) is 5.82 Å². The Morgan fingerprint density at radius 3 is 2.43 bits per heavy atom. The van der Waals surface area contributed by atoms with Crippen molar-refractivity contribution in [3.8, 4) is 28.3 Å². The predicted molar refractivity (Wildman–Crippen MR) is 84.0 cm³/mol. The molecule has 0 aliphatic carbocycles. The van der Waals surface area contributed by atoms with Gasteiger partial charge < -0.3 is 10.8 Å². The lowest BCUT2D eigenvalue weighted by molar-refractivity contribution is 0.475. The van der Waals surface area contributed by atoms with E-state index in [9.17, 15) is 5.11 Å². The Morgan fingerprint density at radius 1 is 0.952 bits per heavy atom. The van der Waals surface area contributed by atoms with Gasteiger partial charge in [-0.15, -0.1) is 0 Å². The van der Waals surface area contributed by atoms with Gasteiger partial charge in [-0.25, -0.2) is 4.98 Å². The van der Waals surface area contributed by atoms with Gasteiger partial charge in [-0.3, -0.25) is 4.98 Å². The summed E-state index contributed by atoms with van der Waals surface area (Å²) < 4.78 is 0. The molecule has 0 atom stereocenters. The van der Waals surface area contributed by atoms with Gasteiger partial charge in [0.1, 0.15) is 11.6 Å². The van der Waals surface area contributed by atoms with Crippen LogP contribution < -0.4 is 5.73 Å². The first-order chi connectivity index (χ1) is 10.1. The molecule has 0 amide bonds. The minimum Gasteiger partial charge on any atom is -0.506 e. The normalized spacial score (nSPS) is 10.5. The van der Waals surface area contributed by atoms with Gasteiger partial charge in [0.2, 0.25) is 0 Å². The number of nitrogens with two attached hydrogens (primary N) is 1. The lowest BCUT2D eigenvalue weighted by Crippen LogP contribution is -1.98. The quantitative estimate of drug-likeness (QED) is 0.755. The summed E-state index contributed by atoms with van der Waals surface area (Å²) in [7, 11) is 0. The molecule has 2 aromatic carbocycles. The fourth-order valence-electron chi connectivity index (χ4n) is 2.07. The van der Waals surface area contributed by atoms with Crippen LogP contribution >= 0.6 is 11.6 Å². The van der Waals surface area contributed by atoms with E-state index in [0.29, 0.717) is 17.2 Å². The molecular formula is C16H12ClN3O. The van der Waals surface area contributed by atoms with Crippen LogP contribution in [0.3, 0.4) is 0 Å². The lowest BCUT2D eigenvalue weighted by Gasteiger charge is -2.09. The maximum Gasteiger partial charge on any atom is 0.142 e. The topological polar surface area (TPSA) is 72.0 Å². The zero-order chi connectivity index (χ0) is 14.8. The first kappa shape index (κ1) is 13.4. The summed E-state index contributed by atoms with van der Waals surface area (Å²) in [6, 6.07) is 14.6. The van der Waals surface area contributed by atoms with Crippen molar-refractivity contribution >= 4 is 17.4 Å². The fourth-order valence-corrected chi connectivity index (χ4v) is 2.25. The smallest absolute Gasteiger partial charge is 0.142 e. The number of phenols is 1.